The molecule has 10 heteroatoms. The first-order chi connectivity index (χ1) is 11.9. The topological polar surface area (TPSA) is 61.4 Å². The second-order valence-corrected chi connectivity index (χ2v) is 9.24. The van der Waals surface area contributed by atoms with Crippen LogP contribution in [0.2, 0.25) is 0 Å². The molecule has 1 fully saturated rings. The SMILES string of the molecule is CC(C)(C)c1ccc(S(=O)(=O)NCC(N2CCNCC2)C(F)(F)F)cc1.Cl. The maximum absolute atomic E-state index is 13.4. The van der Waals surface area contributed by atoms with Crippen LogP contribution in [0.5, 0.6) is 0 Å². The zero-order chi connectivity index (χ0) is 19.6. The first kappa shape index (κ1) is 24.2. The summed E-state index contributed by atoms with van der Waals surface area (Å²) in [5, 5.41) is 2.99. The molecular weight excluding hydrogens is 403 g/mol. The van der Waals surface area contributed by atoms with Crippen molar-refractivity contribution in [3.05, 3.63) is 29.8 Å². The van der Waals surface area contributed by atoms with Gasteiger partial charge in [0.05, 0.1) is 4.90 Å². The lowest BCUT2D eigenvalue weighted by Crippen LogP contribution is -2.57. The lowest BCUT2D eigenvalue weighted by atomic mass is 9.87. The van der Waals surface area contributed by atoms with Gasteiger partial charge in [-0.15, -0.1) is 12.4 Å². The van der Waals surface area contributed by atoms with Crippen molar-refractivity contribution in [2.75, 3.05) is 32.7 Å². The van der Waals surface area contributed by atoms with Gasteiger partial charge >= 0.3 is 6.18 Å². The summed E-state index contributed by atoms with van der Waals surface area (Å²) in [6, 6.07) is 4.39. The maximum atomic E-state index is 13.4. The third-order valence-corrected chi connectivity index (χ3v) is 5.91. The fraction of sp³-hybridized carbons (Fsp3) is 0.647. The Morgan fingerprint density at radius 2 is 1.63 bits per heavy atom. The molecule has 27 heavy (non-hydrogen) atoms. The van der Waals surface area contributed by atoms with E-state index in [4.69, 9.17) is 0 Å². The van der Waals surface area contributed by atoms with E-state index in [2.05, 4.69) is 10.0 Å². The molecule has 1 aliphatic heterocycles. The molecule has 0 saturated carbocycles. The van der Waals surface area contributed by atoms with Crippen LogP contribution in [-0.4, -0.2) is 58.3 Å². The van der Waals surface area contributed by atoms with Gasteiger partial charge in [0.1, 0.15) is 6.04 Å². The molecule has 1 unspecified atom stereocenters. The Balaban J connectivity index is 0.00000364. The molecule has 1 aromatic rings. The second-order valence-electron chi connectivity index (χ2n) is 7.47. The molecule has 2 N–H and O–H groups in total. The number of halogens is 4. The third-order valence-electron chi connectivity index (χ3n) is 4.47. The quantitative estimate of drug-likeness (QED) is 0.755. The molecule has 156 valence electrons. The van der Waals surface area contributed by atoms with E-state index < -0.39 is 28.8 Å². The Hall–Kier alpha value is -0.870. The van der Waals surface area contributed by atoms with E-state index in [9.17, 15) is 21.6 Å². The Kier molecular flexibility index (Phi) is 8.13. The molecule has 0 aromatic heterocycles. The number of nitrogens with zero attached hydrogens (tertiary/aromatic N) is 1. The molecule has 2 rings (SSSR count). The molecule has 0 amide bonds. The summed E-state index contributed by atoms with van der Waals surface area (Å²) in [5.74, 6) is 0. The smallest absolute Gasteiger partial charge is 0.314 e. The number of sulfonamides is 1. The van der Waals surface area contributed by atoms with Crippen molar-refractivity contribution in [1.29, 1.82) is 0 Å². The van der Waals surface area contributed by atoms with E-state index >= 15 is 0 Å². The summed E-state index contributed by atoms with van der Waals surface area (Å²) < 4.78 is 67.0. The van der Waals surface area contributed by atoms with Crippen LogP contribution in [0.4, 0.5) is 13.2 Å². The van der Waals surface area contributed by atoms with Crippen LogP contribution in [0.15, 0.2) is 29.2 Å². The molecule has 0 aliphatic carbocycles. The van der Waals surface area contributed by atoms with Gasteiger partial charge in [0.15, 0.2) is 0 Å². The summed E-state index contributed by atoms with van der Waals surface area (Å²) in [5.41, 5.74) is 0.810. The molecule has 1 aliphatic rings. The molecule has 1 heterocycles. The first-order valence-electron chi connectivity index (χ1n) is 8.53. The van der Waals surface area contributed by atoms with Crippen LogP contribution < -0.4 is 10.0 Å². The van der Waals surface area contributed by atoms with Crippen molar-refractivity contribution < 1.29 is 21.6 Å². The molecule has 1 aromatic carbocycles. The molecular formula is C17H27ClF3N3O2S. The van der Waals surface area contributed by atoms with Crippen LogP contribution in [-0.2, 0) is 15.4 Å². The molecule has 0 radical (unpaired) electrons. The summed E-state index contributed by atoms with van der Waals surface area (Å²) in [6.07, 6.45) is -4.50. The minimum atomic E-state index is -4.50. The summed E-state index contributed by atoms with van der Waals surface area (Å²) in [7, 11) is -4.01. The normalized spacial score (nSPS) is 18.0. The van der Waals surface area contributed by atoms with Crippen molar-refractivity contribution in [3.63, 3.8) is 0 Å². The van der Waals surface area contributed by atoms with Gasteiger partial charge in [-0.1, -0.05) is 32.9 Å². The number of hydrogen-bond acceptors (Lipinski definition) is 4. The van der Waals surface area contributed by atoms with Gasteiger partial charge in [0.25, 0.3) is 0 Å². The van der Waals surface area contributed by atoms with Crippen LogP contribution in [0, 0.1) is 0 Å². The molecule has 1 atom stereocenters. The lowest BCUT2D eigenvalue weighted by Gasteiger charge is -2.35. The highest BCUT2D eigenvalue weighted by Gasteiger charge is 2.44. The van der Waals surface area contributed by atoms with Crippen molar-refractivity contribution >= 4 is 22.4 Å². The predicted molar refractivity (Wildman–Crippen MR) is 102 cm³/mol. The Morgan fingerprint density at radius 3 is 2.07 bits per heavy atom. The van der Waals surface area contributed by atoms with Gasteiger partial charge < -0.3 is 5.32 Å². The minimum Gasteiger partial charge on any atom is -0.314 e. The van der Waals surface area contributed by atoms with Crippen molar-refractivity contribution in [3.8, 4) is 0 Å². The van der Waals surface area contributed by atoms with Crippen LogP contribution in [0.3, 0.4) is 0 Å². The van der Waals surface area contributed by atoms with Crippen LogP contribution in [0.1, 0.15) is 26.3 Å². The molecule has 0 spiro atoms. The lowest BCUT2D eigenvalue weighted by molar-refractivity contribution is -0.182. The Morgan fingerprint density at radius 1 is 1.11 bits per heavy atom. The Labute approximate surface area is 165 Å². The number of alkyl halides is 3. The zero-order valence-corrected chi connectivity index (χ0v) is 17.3. The van der Waals surface area contributed by atoms with Crippen molar-refractivity contribution in [2.24, 2.45) is 0 Å². The van der Waals surface area contributed by atoms with E-state index in [1.54, 1.807) is 12.1 Å². The van der Waals surface area contributed by atoms with Crippen molar-refractivity contribution in [1.82, 2.24) is 14.9 Å². The van der Waals surface area contributed by atoms with Gasteiger partial charge in [0.2, 0.25) is 10.0 Å². The van der Waals surface area contributed by atoms with E-state index in [1.807, 2.05) is 20.8 Å². The maximum Gasteiger partial charge on any atom is 0.405 e. The van der Waals surface area contributed by atoms with Gasteiger partial charge in [-0.2, -0.15) is 13.2 Å². The molecule has 1 saturated heterocycles. The summed E-state index contributed by atoms with van der Waals surface area (Å²) in [6.45, 7) is 6.65. The van der Waals surface area contributed by atoms with Crippen LogP contribution in [0.25, 0.3) is 0 Å². The fourth-order valence-corrected chi connectivity index (χ4v) is 3.89. The predicted octanol–water partition coefficient (Wildman–Crippen LogP) is 2.52. The number of nitrogens with one attached hydrogen (secondary N) is 2. The van der Waals surface area contributed by atoms with Crippen LogP contribution >= 0.6 is 12.4 Å². The summed E-state index contributed by atoms with van der Waals surface area (Å²) >= 11 is 0. The average Bonchev–Trinajstić information content (AvgIpc) is 2.54. The highest BCUT2D eigenvalue weighted by atomic mass is 35.5. The zero-order valence-electron chi connectivity index (χ0n) is 15.6. The van der Waals surface area contributed by atoms with Gasteiger partial charge in [0, 0.05) is 32.7 Å². The second kappa shape index (κ2) is 9.09. The van der Waals surface area contributed by atoms with E-state index in [0.29, 0.717) is 13.1 Å². The summed E-state index contributed by atoms with van der Waals surface area (Å²) in [4.78, 5) is 1.23. The monoisotopic (exact) mass is 429 g/mol. The minimum absolute atomic E-state index is 0. The molecule has 5 nitrogen and oxygen atoms in total. The van der Waals surface area contributed by atoms with E-state index in [1.165, 1.54) is 17.0 Å². The highest BCUT2D eigenvalue weighted by Crippen LogP contribution is 2.26. The molecule has 0 bridgehead atoms. The van der Waals surface area contributed by atoms with E-state index in [-0.39, 0.29) is 35.8 Å². The standard InChI is InChI=1S/C17H26F3N3O2S.ClH/c1-16(2,3)13-4-6-14(7-5-13)26(24,25)22-12-15(17(18,19)20)23-10-8-21-9-11-23;/h4-7,15,21-22H,8-12H2,1-3H3;1H. The number of benzene rings is 1. The Bertz CT molecular complexity index is 698. The van der Waals surface area contributed by atoms with Gasteiger partial charge in [-0.05, 0) is 23.1 Å². The average molecular weight is 430 g/mol. The number of hydrogen-bond donors (Lipinski definition) is 2. The largest absolute Gasteiger partial charge is 0.405 e. The third kappa shape index (κ3) is 6.60. The van der Waals surface area contributed by atoms with Gasteiger partial charge in [-0.3, -0.25) is 4.90 Å². The number of piperazine rings is 1. The number of rotatable bonds is 5. The highest BCUT2D eigenvalue weighted by molar-refractivity contribution is 7.89. The fourth-order valence-electron chi connectivity index (χ4n) is 2.85. The van der Waals surface area contributed by atoms with Gasteiger partial charge in [-0.25, -0.2) is 13.1 Å². The van der Waals surface area contributed by atoms with E-state index in [0.717, 1.165) is 5.56 Å². The first-order valence-corrected chi connectivity index (χ1v) is 10.0. The van der Waals surface area contributed by atoms with Crippen molar-refractivity contribution in [2.45, 2.75) is 43.3 Å².